The van der Waals surface area contributed by atoms with Gasteiger partial charge in [0.2, 0.25) is 0 Å². The van der Waals surface area contributed by atoms with Gasteiger partial charge in [-0.2, -0.15) is 5.26 Å². The Morgan fingerprint density at radius 3 is 2.21 bits per heavy atom. The van der Waals surface area contributed by atoms with Crippen LogP contribution in [0.5, 0.6) is 0 Å². The van der Waals surface area contributed by atoms with Crippen LogP contribution >= 0.6 is 0 Å². The van der Waals surface area contributed by atoms with E-state index >= 15 is 0 Å². The van der Waals surface area contributed by atoms with Crippen molar-refractivity contribution in [1.29, 1.82) is 5.26 Å². The second-order valence-corrected chi connectivity index (χ2v) is 6.19. The molecule has 0 unspecified atom stereocenters. The number of likely N-dealkylation sites (tertiary alicyclic amines) is 1. The largest absolute Gasteiger partial charge is 0.338 e. The minimum Gasteiger partial charge on any atom is -0.338 e. The molecule has 0 atom stereocenters. The average Bonchev–Trinajstić information content (AvgIpc) is 2.68. The van der Waals surface area contributed by atoms with E-state index < -0.39 is 5.54 Å². The molecule has 1 aliphatic rings. The molecule has 1 saturated heterocycles. The first-order valence-corrected chi connectivity index (χ1v) is 8.27. The maximum absolute atomic E-state index is 12.5. The van der Waals surface area contributed by atoms with E-state index in [0.717, 1.165) is 5.56 Å². The summed E-state index contributed by atoms with van der Waals surface area (Å²) >= 11 is 0. The van der Waals surface area contributed by atoms with Crippen LogP contribution in [0.25, 0.3) is 0 Å². The van der Waals surface area contributed by atoms with Crippen molar-refractivity contribution in [3.05, 3.63) is 71.8 Å². The van der Waals surface area contributed by atoms with Gasteiger partial charge >= 0.3 is 0 Å². The third-order valence-corrected chi connectivity index (χ3v) is 4.61. The normalized spacial score (nSPS) is 16.4. The van der Waals surface area contributed by atoms with Gasteiger partial charge in [0, 0.05) is 25.2 Å². The smallest absolute Gasteiger partial charge is 0.253 e. The average molecular weight is 319 g/mol. The van der Waals surface area contributed by atoms with Crippen molar-refractivity contribution in [1.82, 2.24) is 10.2 Å². The van der Waals surface area contributed by atoms with Crippen molar-refractivity contribution in [3.8, 4) is 6.07 Å². The van der Waals surface area contributed by atoms with Crippen molar-refractivity contribution in [2.45, 2.75) is 24.9 Å². The van der Waals surface area contributed by atoms with Gasteiger partial charge in [0.05, 0.1) is 6.07 Å². The number of carbonyl (C=O) groups excluding carboxylic acids is 1. The summed E-state index contributed by atoms with van der Waals surface area (Å²) in [5.74, 6) is 0.0465. The van der Waals surface area contributed by atoms with Crippen LogP contribution < -0.4 is 5.32 Å². The fourth-order valence-corrected chi connectivity index (χ4v) is 3.05. The summed E-state index contributed by atoms with van der Waals surface area (Å²) in [6.07, 6.45) is 1.30. The Bertz CT molecular complexity index is 714. The number of amides is 1. The highest BCUT2D eigenvalue weighted by atomic mass is 16.2. The van der Waals surface area contributed by atoms with Crippen LogP contribution in [0, 0.1) is 11.3 Å². The summed E-state index contributed by atoms with van der Waals surface area (Å²) in [4.78, 5) is 14.3. The Labute approximate surface area is 142 Å². The van der Waals surface area contributed by atoms with E-state index in [0.29, 0.717) is 38.0 Å². The first kappa shape index (κ1) is 16.2. The Balaban J connectivity index is 1.60. The fraction of sp³-hybridized carbons (Fsp3) is 0.300. The Morgan fingerprint density at radius 1 is 1.04 bits per heavy atom. The Kier molecular flexibility index (Phi) is 4.93. The molecule has 3 rings (SSSR count). The second-order valence-electron chi connectivity index (χ2n) is 6.19. The highest BCUT2D eigenvalue weighted by Crippen LogP contribution is 2.23. The molecule has 1 heterocycles. The fourth-order valence-electron chi connectivity index (χ4n) is 3.05. The molecule has 24 heavy (non-hydrogen) atoms. The van der Waals surface area contributed by atoms with Gasteiger partial charge in [-0.1, -0.05) is 48.5 Å². The molecule has 4 nitrogen and oxygen atoms in total. The molecule has 1 N–H and O–H groups in total. The Hall–Kier alpha value is -2.64. The second kappa shape index (κ2) is 7.29. The summed E-state index contributed by atoms with van der Waals surface area (Å²) in [5.41, 5.74) is 1.32. The van der Waals surface area contributed by atoms with Crippen molar-refractivity contribution in [2.24, 2.45) is 0 Å². The summed E-state index contributed by atoms with van der Waals surface area (Å²) in [6, 6.07) is 21.8. The van der Waals surface area contributed by atoms with Gasteiger partial charge in [0.25, 0.3) is 5.91 Å². The van der Waals surface area contributed by atoms with E-state index in [4.69, 9.17) is 0 Å². The van der Waals surface area contributed by atoms with Gasteiger partial charge in [-0.05, 0) is 30.5 Å². The van der Waals surface area contributed by atoms with Gasteiger partial charge in [-0.3, -0.25) is 10.1 Å². The van der Waals surface area contributed by atoms with Crippen LogP contribution in [0.2, 0.25) is 0 Å². The van der Waals surface area contributed by atoms with E-state index in [9.17, 15) is 10.1 Å². The van der Waals surface area contributed by atoms with Crippen LogP contribution in [-0.2, 0) is 6.54 Å². The summed E-state index contributed by atoms with van der Waals surface area (Å²) in [5, 5.41) is 13.0. The van der Waals surface area contributed by atoms with E-state index in [2.05, 4.69) is 11.4 Å². The standard InChI is InChI=1S/C20H21N3O/c21-16-20(22-15-17-7-3-1-4-8-17)11-13-23(14-12-20)19(24)18-9-5-2-6-10-18/h1-10,22H,11-15H2. The van der Waals surface area contributed by atoms with Crippen LogP contribution in [0.15, 0.2) is 60.7 Å². The zero-order valence-electron chi connectivity index (χ0n) is 13.6. The van der Waals surface area contributed by atoms with Crippen LogP contribution in [-0.4, -0.2) is 29.4 Å². The van der Waals surface area contributed by atoms with Crippen molar-refractivity contribution in [2.75, 3.05) is 13.1 Å². The van der Waals surface area contributed by atoms with Crippen molar-refractivity contribution in [3.63, 3.8) is 0 Å². The number of benzene rings is 2. The van der Waals surface area contributed by atoms with E-state index in [1.54, 1.807) is 0 Å². The lowest BCUT2D eigenvalue weighted by Gasteiger charge is -2.38. The van der Waals surface area contributed by atoms with Crippen molar-refractivity contribution < 1.29 is 4.79 Å². The molecule has 2 aromatic carbocycles. The van der Waals surface area contributed by atoms with Crippen LogP contribution in [0.1, 0.15) is 28.8 Å². The van der Waals surface area contributed by atoms with Crippen LogP contribution in [0.3, 0.4) is 0 Å². The highest BCUT2D eigenvalue weighted by Gasteiger charge is 2.35. The monoisotopic (exact) mass is 319 g/mol. The van der Waals surface area contributed by atoms with Crippen molar-refractivity contribution >= 4 is 5.91 Å². The molecule has 0 aromatic heterocycles. The number of nitrogens with zero attached hydrogens (tertiary/aromatic N) is 2. The number of carbonyl (C=O) groups is 1. The number of nitriles is 1. The minimum absolute atomic E-state index is 0.0465. The van der Waals surface area contributed by atoms with Crippen LogP contribution in [0.4, 0.5) is 0 Å². The first-order valence-electron chi connectivity index (χ1n) is 8.27. The summed E-state index contributed by atoms with van der Waals surface area (Å²) in [7, 11) is 0. The lowest BCUT2D eigenvalue weighted by molar-refractivity contribution is 0.0677. The first-order chi connectivity index (χ1) is 11.7. The molecule has 4 heteroatoms. The molecule has 0 bridgehead atoms. The molecule has 122 valence electrons. The molecule has 0 spiro atoms. The lowest BCUT2D eigenvalue weighted by Crippen LogP contribution is -2.53. The number of hydrogen-bond donors (Lipinski definition) is 1. The van der Waals surface area contributed by atoms with E-state index in [-0.39, 0.29) is 5.91 Å². The zero-order chi connectivity index (χ0) is 16.8. The molecule has 0 radical (unpaired) electrons. The number of piperidine rings is 1. The number of rotatable bonds is 4. The molecule has 1 fully saturated rings. The molecule has 0 aliphatic carbocycles. The Morgan fingerprint density at radius 2 is 1.62 bits per heavy atom. The predicted octanol–water partition coefficient (Wildman–Crippen LogP) is 2.97. The number of nitrogens with one attached hydrogen (secondary N) is 1. The third-order valence-electron chi connectivity index (χ3n) is 4.61. The molecule has 2 aromatic rings. The number of hydrogen-bond acceptors (Lipinski definition) is 3. The lowest BCUT2D eigenvalue weighted by atomic mass is 9.88. The molecule has 1 aliphatic heterocycles. The minimum atomic E-state index is -0.552. The zero-order valence-corrected chi connectivity index (χ0v) is 13.6. The van der Waals surface area contributed by atoms with E-state index in [1.807, 2.05) is 65.6 Å². The van der Waals surface area contributed by atoms with Gasteiger partial charge in [-0.25, -0.2) is 0 Å². The third kappa shape index (κ3) is 3.64. The molecule has 0 saturated carbocycles. The molecular formula is C20H21N3O. The molecule has 1 amide bonds. The maximum Gasteiger partial charge on any atom is 0.253 e. The summed E-state index contributed by atoms with van der Waals surface area (Å²) in [6.45, 7) is 1.87. The van der Waals surface area contributed by atoms with Gasteiger partial charge in [0.15, 0.2) is 0 Å². The maximum atomic E-state index is 12.5. The predicted molar refractivity (Wildman–Crippen MR) is 93.2 cm³/mol. The van der Waals surface area contributed by atoms with Gasteiger partial charge in [0.1, 0.15) is 5.54 Å². The topological polar surface area (TPSA) is 56.1 Å². The molecular weight excluding hydrogens is 298 g/mol. The van der Waals surface area contributed by atoms with Gasteiger partial charge < -0.3 is 4.90 Å². The van der Waals surface area contributed by atoms with Gasteiger partial charge in [-0.15, -0.1) is 0 Å². The SMILES string of the molecule is N#CC1(NCc2ccccc2)CCN(C(=O)c2ccccc2)CC1. The quantitative estimate of drug-likeness (QED) is 0.942. The van der Waals surface area contributed by atoms with E-state index in [1.165, 1.54) is 0 Å². The summed E-state index contributed by atoms with van der Waals surface area (Å²) < 4.78 is 0. The highest BCUT2D eigenvalue weighted by molar-refractivity contribution is 5.94.